The van der Waals surface area contributed by atoms with Gasteiger partial charge in [0, 0.05) is 12.1 Å². The van der Waals surface area contributed by atoms with E-state index < -0.39 is 18.6 Å². The summed E-state index contributed by atoms with van der Waals surface area (Å²) < 4.78 is 36.8. The normalized spacial score (nSPS) is 11.6. The van der Waals surface area contributed by atoms with Gasteiger partial charge in [-0.2, -0.15) is 0 Å². The molecule has 1 unspecified atom stereocenters. The minimum absolute atomic E-state index is 0.175. The van der Waals surface area contributed by atoms with Crippen LogP contribution in [0.1, 0.15) is 35.1 Å². The number of hydrogen-bond acceptors (Lipinski definition) is 5. The van der Waals surface area contributed by atoms with Crippen molar-refractivity contribution in [3.63, 3.8) is 0 Å². The number of nitrogens with one attached hydrogen (secondary N) is 3. The molecule has 0 bridgehead atoms. The molecule has 1 aromatic heterocycles. The van der Waals surface area contributed by atoms with Gasteiger partial charge in [0.15, 0.2) is 5.76 Å². The SMILES string of the molecule is COc1cccc(Cl)c1C(=O)NC(CCCNC(=N)CF)c1ncc(-c2ccc(F)cc2)o1. The zero-order valence-electron chi connectivity index (χ0n) is 17.8. The molecule has 174 valence electrons. The number of alkyl halides is 1. The van der Waals surface area contributed by atoms with Gasteiger partial charge in [0.2, 0.25) is 5.89 Å². The Labute approximate surface area is 194 Å². The van der Waals surface area contributed by atoms with Crippen LogP contribution >= 0.6 is 11.6 Å². The third-order valence-corrected chi connectivity index (χ3v) is 5.13. The first-order chi connectivity index (χ1) is 15.9. The van der Waals surface area contributed by atoms with E-state index in [1.54, 1.807) is 30.3 Å². The van der Waals surface area contributed by atoms with E-state index in [4.69, 9.17) is 26.2 Å². The number of carbonyl (C=O) groups excluding carboxylic acids is 1. The molecule has 0 spiro atoms. The number of oxazole rings is 1. The maximum atomic E-state index is 13.2. The molecule has 0 saturated heterocycles. The minimum atomic E-state index is -0.882. The van der Waals surface area contributed by atoms with E-state index in [-0.39, 0.29) is 28.1 Å². The molecule has 0 saturated carbocycles. The van der Waals surface area contributed by atoms with Gasteiger partial charge < -0.3 is 19.8 Å². The fourth-order valence-electron chi connectivity index (χ4n) is 3.17. The Balaban J connectivity index is 1.81. The van der Waals surface area contributed by atoms with Crippen LogP contribution < -0.4 is 15.4 Å². The molecule has 10 heteroatoms. The standard InChI is InChI=1S/C23H23ClF2N4O3/c1-32-18-6-2-4-16(24)21(18)22(31)30-17(5-3-11-28-20(27)12-25)23-29-13-19(33-23)14-7-9-15(26)10-8-14/h2,4,6-10,13,17H,3,5,11-12H2,1H3,(H2,27,28)(H,30,31). The fourth-order valence-corrected chi connectivity index (χ4v) is 3.42. The Morgan fingerprint density at radius 2 is 2.03 bits per heavy atom. The van der Waals surface area contributed by atoms with Crippen LogP contribution in [0.25, 0.3) is 11.3 Å². The molecule has 0 aliphatic carbocycles. The summed E-state index contributed by atoms with van der Waals surface area (Å²) in [6.07, 6.45) is 2.37. The number of nitrogens with zero attached hydrogens (tertiary/aromatic N) is 1. The van der Waals surface area contributed by atoms with E-state index in [9.17, 15) is 13.6 Å². The molecular weight excluding hydrogens is 454 g/mol. The predicted octanol–water partition coefficient (Wildman–Crippen LogP) is 4.93. The molecule has 3 aromatic rings. The van der Waals surface area contributed by atoms with Crippen molar-refractivity contribution in [3.05, 3.63) is 71.0 Å². The van der Waals surface area contributed by atoms with Crippen molar-refractivity contribution in [3.8, 4) is 17.1 Å². The van der Waals surface area contributed by atoms with Gasteiger partial charge in [-0.15, -0.1) is 0 Å². The number of ether oxygens (including phenoxy) is 1. The maximum Gasteiger partial charge on any atom is 0.257 e. The summed E-state index contributed by atoms with van der Waals surface area (Å²) in [5.41, 5.74) is 0.806. The van der Waals surface area contributed by atoms with Crippen LogP contribution in [0.3, 0.4) is 0 Å². The van der Waals surface area contributed by atoms with Crippen LogP contribution in [-0.2, 0) is 0 Å². The highest BCUT2D eigenvalue weighted by Gasteiger charge is 2.24. The molecular formula is C23H23ClF2N4O3. The highest BCUT2D eigenvalue weighted by atomic mass is 35.5. The molecule has 1 heterocycles. The van der Waals surface area contributed by atoms with Gasteiger partial charge in [-0.25, -0.2) is 13.8 Å². The summed E-state index contributed by atoms with van der Waals surface area (Å²) in [6, 6.07) is 9.98. The molecule has 0 aliphatic rings. The van der Waals surface area contributed by atoms with Gasteiger partial charge in [0.05, 0.1) is 23.9 Å². The summed E-state index contributed by atoms with van der Waals surface area (Å²) >= 11 is 6.23. The Morgan fingerprint density at radius 3 is 2.73 bits per heavy atom. The van der Waals surface area contributed by atoms with Crippen molar-refractivity contribution in [2.24, 2.45) is 0 Å². The number of benzene rings is 2. The van der Waals surface area contributed by atoms with E-state index in [0.29, 0.717) is 36.5 Å². The largest absolute Gasteiger partial charge is 0.496 e. The van der Waals surface area contributed by atoms with Crippen molar-refractivity contribution in [2.45, 2.75) is 18.9 Å². The summed E-state index contributed by atoms with van der Waals surface area (Å²) in [5, 5.41) is 13.1. The van der Waals surface area contributed by atoms with Crippen molar-refractivity contribution in [1.82, 2.24) is 15.6 Å². The van der Waals surface area contributed by atoms with Crippen LogP contribution in [0, 0.1) is 11.2 Å². The van der Waals surface area contributed by atoms with Crippen molar-refractivity contribution < 1.29 is 22.7 Å². The first kappa shape index (κ1) is 24.2. The van der Waals surface area contributed by atoms with Crippen LogP contribution in [0.5, 0.6) is 5.75 Å². The Hall–Kier alpha value is -3.46. The lowest BCUT2D eigenvalue weighted by molar-refractivity contribution is 0.0924. The molecule has 7 nitrogen and oxygen atoms in total. The summed E-state index contributed by atoms with van der Waals surface area (Å²) in [6.45, 7) is -0.552. The van der Waals surface area contributed by atoms with Gasteiger partial charge in [0.1, 0.15) is 30.1 Å². The lowest BCUT2D eigenvalue weighted by atomic mass is 10.1. The maximum absolute atomic E-state index is 13.2. The van der Waals surface area contributed by atoms with E-state index in [1.807, 2.05) is 0 Å². The highest BCUT2D eigenvalue weighted by molar-refractivity contribution is 6.34. The second-order valence-corrected chi connectivity index (χ2v) is 7.50. The summed E-state index contributed by atoms with van der Waals surface area (Å²) in [4.78, 5) is 17.3. The Kier molecular flexibility index (Phi) is 8.37. The Morgan fingerprint density at radius 1 is 1.27 bits per heavy atom. The predicted molar refractivity (Wildman–Crippen MR) is 121 cm³/mol. The number of aromatic nitrogens is 1. The van der Waals surface area contributed by atoms with Gasteiger partial charge in [-0.1, -0.05) is 17.7 Å². The number of amides is 1. The number of halogens is 3. The number of hydrogen-bond donors (Lipinski definition) is 3. The van der Waals surface area contributed by atoms with Crippen LogP contribution in [-0.4, -0.2) is 37.1 Å². The van der Waals surface area contributed by atoms with Crippen molar-refractivity contribution >= 4 is 23.3 Å². The summed E-state index contributed by atoms with van der Waals surface area (Å²) in [7, 11) is 1.44. The topological polar surface area (TPSA) is 100 Å². The van der Waals surface area contributed by atoms with Crippen molar-refractivity contribution in [2.75, 3.05) is 20.3 Å². The Bertz CT molecular complexity index is 1110. The average Bonchev–Trinajstić information content (AvgIpc) is 3.31. The first-order valence-electron chi connectivity index (χ1n) is 10.1. The van der Waals surface area contributed by atoms with Gasteiger partial charge in [-0.3, -0.25) is 10.2 Å². The second kappa shape index (κ2) is 11.4. The molecule has 3 N–H and O–H groups in total. The molecule has 1 atom stereocenters. The first-order valence-corrected chi connectivity index (χ1v) is 10.5. The molecule has 0 aliphatic heterocycles. The zero-order valence-corrected chi connectivity index (χ0v) is 18.6. The molecule has 33 heavy (non-hydrogen) atoms. The lowest BCUT2D eigenvalue weighted by Gasteiger charge is -2.18. The fraction of sp³-hybridized carbons (Fsp3) is 0.261. The third-order valence-electron chi connectivity index (χ3n) is 4.82. The number of rotatable bonds is 10. The molecule has 0 radical (unpaired) electrons. The lowest BCUT2D eigenvalue weighted by Crippen LogP contribution is -2.31. The minimum Gasteiger partial charge on any atom is -0.496 e. The molecule has 3 rings (SSSR count). The monoisotopic (exact) mass is 476 g/mol. The number of methoxy groups -OCH3 is 1. The summed E-state index contributed by atoms with van der Waals surface area (Å²) in [5.74, 6) is -0.0920. The van der Waals surface area contributed by atoms with Gasteiger partial charge in [0.25, 0.3) is 5.91 Å². The van der Waals surface area contributed by atoms with E-state index in [0.717, 1.165) is 0 Å². The van der Waals surface area contributed by atoms with Gasteiger partial charge >= 0.3 is 0 Å². The highest BCUT2D eigenvalue weighted by Crippen LogP contribution is 2.29. The second-order valence-electron chi connectivity index (χ2n) is 7.09. The third kappa shape index (κ3) is 6.29. The average molecular weight is 477 g/mol. The van der Waals surface area contributed by atoms with E-state index in [1.165, 1.54) is 25.4 Å². The number of amidine groups is 1. The van der Waals surface area contributed by atoms with Crippen LogP contribution in [0.4, 0.5) is 8.78 Å². The molecule has 2 aromatic carbocycles. The number of carbonyl (C=O) groups is 1. The molecule has 1 amide bonds. The smallest absolute Gasteiger partial charge is 0.257 e. The van der Waals surface area contributed by atoms with Gasteiger partial charge in [-0.05, 0) is 49.2 Å². The zero-order chi connectivity index (χ0) is 23.8. The van der Waals surface area contributed by atoms with Crippen molar-refractivity contribution in [1.29, 1.82) is 5.41 Å². The van der Waals surface area contributed by atoms with Crippen LogP contribution in [0.15, 0.2) is 53.1 Å². The molecule has 0 fully saturated rings. The van der Waals surface area contributed by atoms with Crippen LogP contribution in [0.2, 0.25) is 5.02 Å². The van der Waals surface area contributed by atoms with E-state index >= 15 is 0 Å². The van der Waals surface area contributed by atoms with E-state index in [2.05, 4.69) is 15.6 Å². The quantitative estimate of drug-likeness (QED) is 0.219.